The molecule has 0 saturated carbocycles. The van der Waals surface area contributed by atoms with Gasteiger partial charge in [-0.15, -0.1) is 0 Å². The second-order valence-electron chi connectivity index (χ2n) is 3.72. The number of halogens is 2. The number of anilines is 1. The van der Waals surface area contributed by atoms with E-state index >= 15 is 0 Å². The summed E-state index contributed by atoms with van der Waals surface area (Å²) < 4.78 is 30.2. The Balaban J connectivity index is 2.33. The molecule has 0 fully saturated rings. The van der Waals surface area contributed by atoms with Crippen LogP contribution < -0.4 is 5.32 Å². The van der Waals surface area contributed by atoms with Crippen LogP contribution in [0.5, 0.6) is 0 Å². The smallest absolute Gasteiger partial charge is 0.300 e. The minimum Gasteiger partial charge on any atom is -0.390 e. The van der Waals surface area contributed by atoms with Crippen LogP contribution >= 0.6 is 0 Å². The van der Waals surface area contributed by atoms with Crippen LogP contribution in [-0.4, -0.2) is 39.4 Å². The summed E-state index contributed by atoms with van der Waals surface area (Å²) in [6.07, 6.45) is 0. The summed E-state index contributed by atoms with van der Waals surface area (Å²) in [7, 11) is 0. The lowest BCUT2D eigenvalue weighted by atomic mass is 10.2. The summed E-state index contributed by atoms with van der Waals surface area (Å²) in [6, 6.07) is 2.32. The summed E-state index contributed by atoms with van der Waals surface area (Å²) >= 11 is 0. The zero-order valence-corrected chi connectivity index (χ0v) is 9.34. The Hall–Kier alpha value is -2.36. The molecule has 0 radical (unpaired) electrons. The van der Waals surface area contributed by atoms with Crippen molar-refractivity contribution in [3.05, 3.63) is 22.2 Å². The minimum absolute atomic E-state index is 0.0251. The molecule has 19 heavy (non-hydrogen) atoms. The van der Waals surface area contributed by atoms with E-state index in [2.05, 4.69) is 20.3 Å². The standard InChI is InChI=1S/C9H8F2N4O4/c10-9(11,4-16)3-12-5-1-2-6(15(17)18)8-7(5)13-19-14-8/h1-2,12,16H,3-4H2. The van der Waals surface area contributed by atoms with Crippen LogP contribution in [0.15, 0.2) is 16.8 Å². The van der Waals surface area contributed by atoms with Crippen LogP contribution in [-0.2, 0) is 0 Å². The molecular formula is C9H8F2N4O4. The molecule has 0 amide bonds. The number of rotatable bonds is 5. The first-order chi connectivity index (χ1) is 8.94. The number of non-ortho nitro benzene ring substituents is 1. The Bertz CT molecular complexity index is 615. The van der Waals surface area contributed by atoms with Gasteiger partial charge in [-0.2, -0.15) is 0 Å². The number of nitrogens with zero attached hydrogens (tertiary/aromatic N) is 3. The summed E-state index contributed by atoms with van der Waals surface area (Å²) in [5.74, 6) is -3.31. The number of nitrogens with one attached hydrogen (secondary N) is 1. The molecule has 0 saturated heterocycles. The van der Waals surface area contributed by atoms with Gasteiger partial charge in [0.15, 0.2) is 5.52 Å². The van der Waals surface area contributed by atoms with Gasteiger partial charge in [0.05, 0.1) is 17.2 Å². The van der Waals surface area contributed by atoms with Gasteiger partial charge in [-0.05, 0) is 16.4 Å². The second kappa shape index (κ2) is 4.72. The molecule has 0 spiro atoms. The van der Waals surface area contributed by atoms with Crippen molar-refractivity contribution in [2.75, 3.05) is 18.5 Å². The van der Waals surface area contributed by atoms with Crippen LogP contribution in [0.3, 0.4) is 0 Å². The fourth-order valence-electron chi connectivity index (χ4n) is 1.42. The van der Waals surface area contributed by atoms with Gasteiger partial charge < -0.3 is 10.4 Å². The van der Waals surface area contributed by atoms with Crippen molar-refractivity contribution in [3.8, 4) is 0 Å². The highest BCUT2D eigenvalue weighted by atomic mass is 19.3. The summed E-state index contributed by atoms with van der Waals surface area (Å²) in [4.78, 5) is 10.0. The predicted molar refractivity (Wildman–Crippen MR) is 59.0 cm³/mol. The highest BCUT2D eigenvalue weighted by molar-refractivity contribution is 5.93. The number of hydrogen-bond donors (Lipinski definition) is 2. The Morgan fingerprint density at radius 3 is 2.74 bits per heavy atom. The third-order valence-corrected chi connectivity index (χ3v) is 2.36. The van der Waals surface area contributed by atoms with E-state index in [1.165, 1.54) is 6.07 Å². The van der Waals surface area contributed by atoms with Crippen LogP contribution in [0.4, 0.5) is 20.2 Å². The number of hydrogen-bond acceptors (Lipinski definition) is 7. The zero-order chi connectivity index (χ0) is 14.0. The van der Waals surface area contributed by atoms with Crippen molar-refractivity contribution < 1.29 is 23.4 Å². The van der Waals surface area contributed by atoms with E-state index < -0.39 is 24.0 Å². The monoisotopic (exact) mass is 274 g/mol. The molecule has 102 valence electrons. The van der Waals surface area contributed by atoms with Gasteiger partial charge in [0.2, 0.25) is 5.52 Å². The lowest BCUT2D eigenvalue weighted by Gasteiger charge is -2.14. The molecule has 1 aromatic heterocycles. The first-order valence-corrected chi connectivity index (χ1v) is 5.07. The fraction of sp³-hybridized carbons (Fsp3) is 0.333. The van der Waals surface area contributed by atoms with Gasteiger partial charge in [0.25, 0.3) is 5.92 Å². The minimum atomic E-state index is -3.31. The van der Waals surface area contributed by atoms with E-state index in [4.69, 9.17) is 5.11 Å². The van der Waals surface area contributed by atoms with E-state index in [1.54, 1.807) is 0 Å². The number of nitro groups is 1. The first kappa shape index (κ1) is 13.1. The van der Waals surface area contributed by atoms with Crippen LogP contribution in [0.1, 0.15) is 0 Å². The molecule has 2 rings (SSSR count). The Morgan fingerprint density at radius 1 is 1.42 bits per heavy atom. The number of fused-ring (bicyclic) bond motifs is 1. The first-order valence-electron chi connectivity index (χ1n) is 5.07. The molecular weight excluding hydrogens is 266 g/mol. The Morgan fingerprint density at radius 2 is 2.11 bits per heavy atom. The molecule has 0 bridgehead atoms. The van der Waals surface area contributed by atoms with Crippen molar-refractivity contribution in [1.82, 2.24) is 10.3 Å². The Labute approximate surface area is 104 Å². The van der Waals surface area contributed by atoms with Crippen molar-refractivity contribution in [1.29, 1.82) is 0 Å². The molecule has 0 aliphatic heterocycles. The van der Waals surface area contributed by atoms with E-state index in [-0.39, 0.29) is 22.4 Å². The average molecular weight is 274 g/mol. The summed E-state index contributed by atoms with van der Waals surface area (Å²) in [5.41, 5.74) is -0.393. The maximum atomic E-state index is 12.9. The highest BCUT2D eigenvalue weighted by Gasteiger charge is 2.28. The molecule has 0 atom stereocenters. The quantitative estimate of drug-likeness (QED) is 0.621. The number of nitro benzene ring substituents is 1. The molecule has 0 unspecified atom stereocenters. The van der Waals surface area contributed by atoms with Crippen molar-refractivity contribution >= 4 is 22.4 Å². The number of aliphatic hydroxyl groups excluding tert-OH is 1. The molecule has 0 aliphatic rings. The molecule has 10 heteroatoms. The van der Waals surface area contributed by atoms with Gasteiger partial charge in [-0.3, -0.25) is 10.1 Å². The zero-order valence-electron chi connectivity index (χ0n) is 9.34. The van der Waals surface area contributed by atoms with Gasteiger partial charge in [-0.1, -0.05) is 0 Å². The molecule has 1 aromatic carbocycles. The maximum Gasteiger partial charge on any atom is 0.300 e. The highest BCUT2D eigenvalue weighted by Crippen LogP contribution is 2.29. The maximum absolute atomic E-state index is 12.9. The van der Waals surface area contributed by atoms with Crippen molar-refractivity contribution in [3.63, 3.8) is 0 Å². The number of aromatic nitrogens is 2. The topological polar surface area (TPSA) is 114 Å². The van der Waals surface area contributed by atoms with Gasteiger partial charge in [0.1, 0.15) is 6.61 Å². The average Bonchev–Trinajstić information content (AvgIpc) is 2.84. The van der Waals surface area contributed by atoms with Crippen molar-refractivity contribution in [2.45, 2.75) is 5.92 Å². The van der Waals surface area contributed by atoms with Crippen molar-refractivity contribution in [2.24, 2.45) is 0 Å². The summed E-state index contributed by atoms with van der Waals surface area (Å²) in [5, 5.41) is 28.3. The van der Waals surface area contributed by atoms with Crippen LogP contribution in [0, 0.1) is 10.1 Å². The molecule has 8 nitrogen and oxygen atoms in total. The largest absolute Gasteiger partial charge is 0.390 e. The van der Waals surface area contributed by atoms with E-state index in [0.29, 0.717) is 0 Å². The fourth-order valence-corrected chi connectivity index (χ4v) is 1.42. The SMILES string of the molecule is O=[N+]([O-])c1ccc(NCC(F)(F)CO)c2nonc12. The van der Waals surface area contributed by atoms with Gasteiger partial charge in [-0.25, -0.2) is 13.4 Å². The Kier molecular flexibility index (Phi) is 3.25. The van der Waals surface area contributed by atoms with Crippen LogP contribution in [0.2, 0.25) is 0 Å². The lowest BCUT2D eigenvalue weighted by Crippen LogP contribution is -2.31. The van der Waals surface area contributed by atoms with Gasteiger partial charge in [0, 0.05) is 6.07 Å². The second-order valence-corrected chi connectivity index (χ2v) is 3.72. The van der Waals surface area contributed by atoms with E-state index in [1.807, 2.05) is 0 Å². The van der Waals surface area contributed by atoms with Crippen LogP contribution in [0.25, 0.3) is 11.0 Å². The third-order valence-electron chi connectivity index (χ3n) is 2.36. The lowest BCUT2D eigenvalue weighted by molar-refractivity contribution is -0.383. The van der Waals surface area contributed by atoms with E-state index in [0.717, 1.165) is 6.07 Å². The predicted octanol–water partition coefficient (Wildman–Crippen LogP) is 1.17. The molecule has 0 aliphatic carbocycles. The number of aliphatic hydroxyl groups is 1. The molecule has 1 heterocycles. The molecule has 2 N–H and O–H groups in total. The van der Waals surface area contributed by atoms with Gasteiger partial charge >= 0.3 is 5.69 Å². The summed E-state index contributed by atoms with van der Waals surface area (Å²) in [6.45, 7) is -2.16. The molecule has 2 aromatic rings. The normalized spacial score (nSPS) is 11.7. The van der Waals surface area contributed by atoms with E-state index in [9.17, 15) is 18.9 Å². The number of benzene rings is 1. The number of alkyl halides is 2. The third kappa shape index (κ3) is 2.57.